The second-order valence-corrected chi connectivity index (χ2v) is 16.9. The summed E-state index contributed by atoms with van der Waals surface area (Å²) in [6.45, 7) is 2.64. The molecule has 0 amide bonds. The minimum absolute atomic E-state index is 0.0981. The van der Waals surface area contributed by atoms with E-state index in [1.54, 1.807) is 22.3 Å². The first-order valence-corrected chi connectivity index (χ1v) is 20.3. The number of rotatable bonds is 4. The zero-order chi connectivity index (χ0) is 35.1. The van der Waals surface area contributed by atoms with Gasteiger partial charge < -0.3 is 9.47 Å². The van der Waals surface area contributed by atoms with E-state index < -0.39 is 0 Å². The van der Waals surface area contributed by atoms with Crippen LogP contribution in [-0.2, 0) is 10.8 Å². The van der Waals surface area contributed by atoms with Gasteiger partial charge in [0.25, 0.3) is 0 Å². The number of anilines is 2. The molecule has 7 aromatic rings. The van der Waals surface area contributed by atoms with Gasteiger partial charge in [-0.25, -0.2) is 0 Å². The van der Waals surface area contributed by atoms with Crippen LogP contribution in [0.15, 0.2) is 152 Å². The summed E-state index contributed by atoms with van der Waals surface area (Å²) in [5, 5.41) is 2.62. The van der Waals surface area contributed by atoms with E-state index in [0.29, 0.717) is 23.8 Å². The highest BCUT2D eigenvalue weighted by molar-refractivity contribution is 6.10. The lowest BCUT2D eigenvalue weighted by Crippen LogP contribution is -2.49. The molecule has 6 aromatic carbocycles. The molecule has 6 atom stereocenters. The van der Waals surface area contributed by atoms with Gasteiger partial charge in [-0.1, -0.05) is 129 Å². The van der Waals surface area contributed by atoms with Gasteiger partial charge in [0.15, 0.2) is 0 Å². The van der Waals surface area contributed by atoms with Crippen LogP contribution < -0.4 is 4.90 Å². The van der Waals surface area contributed by atoms with Crippen molar-refractivity contribution in [3.05, 3.63) is 174 Å². The summed E-state index contributed by atoms with van der Waals surface area (Å²) in [7, 11) is 0. The molecular weight excluding hydrogens is 641 g/mol. The molecule has 0 N–H and O–H groups in total. The van der Waals surface area contributed by atoms with E-state index in [0.717, 1.165) is 0 Å². The molecular formula is C51H48N2. The first-order chi connectivity index (χ1) is 26.2. The van der Waals surface area contributed by atoms with E-state index in [1.165, 1.54) is 90.2 Å². The fourth-order valence-electron chi connectivity index (χ4n) is 12.6. The zero-order valence-corrected chi connectivity index (χ0v) is 30.8. The zero-order valence-electron chi connectivity index (χ0n) is 30.8. The largest absolute Gasteiger partial charge is 0.338 e. The molecule has 2 fully saturated rings. The number of para-hydroxylation sites is 3. The van der Waals surface area contributed by atoms with Crippen molar-refractivity contribution in [1.29, 1.82) is 0 Å². The Labute approximate surface area is 314 Å². The maximum atomic E-state index is 2.73. The fraction of sp³-hybridized carbons (Fsp3) is 0.294. The first-order valence-electron chi connectivity index (χ1n) is 20.3. The lowest BCUT2D eigenvalue weighted by atomic mass is 9.50. The van der Waals surface area contributed by atoms with Gasteiger partial charge in [0.1, 0.15) is 0 Å². The van der Waals surface area contributed by atoms with E-state index in [-0.39, 0.29) is 10.8 Å². The van der Waals surface area contributed by atoms with Gasteiger partial charge in [0.05, 0.1) is 11.0 Å². The van der Waals surface area contributed by atoms with Crippen LogP contribution in [0.4, 0.5) is 11.4 Å². The average molecular weight is 689 g/mol. The quantitative estimate of drug-likeness (QED) is 0.179. The summed E-state index contributed by atoms with van der Waals surface area (Å²) in [4.78, 5) is 2.73. The molecule has 2 saturated carbocycles. The highest BCUT2D eigenvalue weighted by Gasteiger charge is 2.64. The van der Waals surface area contributed by atoms with Gasteiger partial charge in [0.2, 0.25) is 0 Å². The fourth-order valence-corrected chi connectivity index (χ4v) is 12.6. The molecule has 11 rings (SSSR count). The molecule has 1 heterocycles. The minimum Gasteiger partial charge on any atom is -0.338 e. The van der Waals surface area contributed by atoms with Crippen LogP contribution in [0.1, 0.15) is 86.5 Å². The average Bonchev–Trinajstić information content (AvgIpc) is 3.57. The van der Waals surface area contributed by atoms with Crippen LogP contribution in [0.25, 0.3) is 27.5 Å². The SMILES string of the molecule is CC12CCCCC1C1(c3ccccc3C3CC(N(c4ccccc4)c4ccc5c6ccccc6n(-c6ccccc6)c5c4)CCC1C3)c1ccccc12. The molecule has 1 spiro atoms. The van der Waals surface area contributed by atoms with Crippen LogP contribution in [0.2, 0.25) is 0 Å². The summed E-state index contributed by atoms with van der Waals surface area (Å²) in [5.41, 5.74) is 13.3. The van der Waals surface area contributed by atoms with Crippen molar-refractivity contribution in [2.24, 2.45) is 11.8 Å². The number of fused-ring (bicyclic) bond motifs is 14. The molecule has 0 aliphatic heterocycles. The lowest BCUT2D eigenvalue weighted by molar-refractivity contribution is 0.0971. The van der Waals surface area contributed by atoms with Crippen molar-refractivity contribution < 1.29 is 0 Å². The van der Waals surface area contributed by atoms with Crippen LogP contribution >= 0.6 is 0 Å². The van der Waals surface area contributed by atoms with Crippen molar-refractivity contribution in [2.75, 3.05) is 4.90 Å². The predicted molar refractivity (Wildman–Crippen MR) is 221 cm³/mol. The Morgan fingerprint density at radius 1 is 0.566 bits per heavy atom. The molecule has 53 heavy (non-hydrogen) atoms. The van der Waals surface area contributed by atoms with Crippen molar-refractivity contribution in [2.45, 2.75) is 81.1 Å². The van der Waals surface area contributed by atoms with Crippen molar-refractivity contribution in [1.82, 2.24) is 4.57 Å². The highest BCUT2D eigenvalue weighted by atomic mass is 15.2. The van der Waals surface area contributed by atoms with E-state index >= 15 is 0 Å². The van der Waals surface area contributed by atoms with Gasteiger partial charge in [-0.2, -0.15) is 0 Å². The number of benzene rings is 6. The maximum absolute atomic E-state index is 2.73. The molecule has 2 bridgehead atoms. The van der Waals surface area contributed by atoms with Crippen LogP contribution in [-0.4, -0.2) is 10.6 Å². The Kier molecular flexibility index (Phi) is 7.10. The predicted octanol–water partition coefficient (Wildman–Crippen LogP) is 13.0. The van der Waals surface area contributed by atoms with Crippen molar-refractivity contribution in [3.8, 4) is 5.69 Å². The summed E-state index contributed by atoms with van der Waals surface area (Å²) < 4.78 is 2.47. The number of hydrogen-bond donors (Lipinski definition) is 0. The molecule has 2 heteroatoms. The molecule has 0 radical (unpaired) electrons. The van der Waals surface area contributed by atoms with Crippen molar-refractivity contribution >= 4 is 33.2 Å². The van der Waals surface area contributed by atoms with Gasteiger partial charge in [-0.3, -0.25) is 0 Å². The first kappa shape index (κ1) is 31.4. The summed E-state index contributed by atoms with van der Waals surface area (Å²) >= 11 is 0. The Balaban J connectivity index is 1.07. The van der Waals surface area contributed by atoms with Crippen LogP contribution in [0.3, 0.4) is 0 Å². The Morgan fingerprint density at radius 3 is 2.11 bits per heavy atom. The van der Waals surface area contributed by atoms with E-state index in [2.05, 4.69) is 168 Å². The van der Waals surface area contributed by atoms with E-state index in [1.807, 2.05) is 0 Å². The third-order valence-electron chi connectivity index (χ3n) is 14.6. The van der Waals surface area contributed by atoms with E-state index in [9.17, 15) is 0 Å². The number of hydrogen-bond acceptors (Lipinski definition) is 1. The minimum atomic E-state index is 0.0981. The second kappa shape index (κ2) is 12.0. The molecule has 0 saturated heterocycles. The van der Waals surface area contributed by atoms with Crippen LogP contribution in [0, 0.1) is 11.8 Å². The Morgan fingerprint density at radius 2 is 1.26 bits per heavy atom. The number of nitrogens with zero attached hydrogens (tertiary/aromatic N) is 2. The van der Waals surface area contributed by atoms with Crippen LogP contribution in [0.5, 0.6) is 0 Å². The Hall–Kier alpha value is -5.08. The maximum Gasteiger partial charge on any atom is 0.0561 e. The summed E-state index contributed by atoms with van der Waals surface area (Å²) in [6, 6.07) is 58.3. The second-order valence-electron chi connectivity index (χ2n) is 16.9. The normalized spacial score (nSPS) is 27.3. The smallest absolute Gasteiger partial charge is 0.0561 e. The lowest BCUT2D eigenvalue weighted by Gasteiger charge is -2.53. The van der Waals surface area contributed by atoms with Gasteiger partial charge >= 0.3 is 0 Å². The summed E-state index contributed by atoms with van der Waals surface area (Å²) in [6.07, 6.45) is 10.3. The third-order valence-corrected chi connectivity index (χ3v) is 14.6. The highest BCUT2D eigenvalue weighted by Crippen LogP contribution is 2.69. The standard InChI is InChI=1S/C51H48N2/c1-50-31-15-14-26-49(50)51(46-24-12-11-23-45(46)50)36-27-28-39(33-35(32-36)41-20-8-10-22-44(41)51)52(37-16-4-2-5-17-37)40-29-30-43-42-21-9-13-25-47(42)53(48(43)34-40)38-18-6-3-7-19-38/h2-13,16-25,29-30,34-36,39,49H,14-15,26-28,31-33H2,1H3. The van der Waals surface area contributed by atoms with Gasteiger partial charge in [-0.15, -0.1) is 0 Å². The van der Waals surface area contributed by atoms with Gasteiger partial charge in [-0.05, 0) is 126 Å². The third kappa shape index (κ3) is 4.45. The molecule has 2 nitrogen and oxygen atoms in total. The van der Waals surface area contributed by atoms with E-state index in [4.69, 9.17) is 0 Å². The molecule has 1 aromatic heterocycles. The summed E-state index contributed by atoms with van der Waals surface area (Å²) in [5.74, 6) is 1.85. The van der Waals surface area contributed by atoms with Gasteiger partial charge in [0, 0.05) is 39.3 Å². The Bertz CT molecular complexity index is 2480. The number of aromatic nitrogens is 1. The monoisotopic (exact) mass is 688 g/mol. The molecule has 4 aliphatic rings. The molecule has 4 aliphatic carbocycles. The van der Waals surface area contributed by atoms with Crippen molar-refractivity contribution in [3.63, 3.8) is 0 Å². The topological polar surface area (TPSA) is 8.17 Å². The molecule has 262 valence electrons. The molecule has 6 unspecified atom stereocenters.